The van der Waals surface area contributed by atoms with Gasteiger partial charge in [0.2, 0.25) is 5.95 Å². The minimum atomic E-state index is -0.672. The summed E-state index contributed by atoms with van der Waals surface area (Å²) in [5, 5.41) is 6.24. The van der Waals surface area contributed by atoms with Crippen molar-refractivity contribution < 1.29 is 14.3 Å². The van der Waals surface area contributed by atoms with Crippen molar-refractivity contribution >= 4 is 46.1 Å². The molecule has 194 valence electrons. The van der Waals surface area contributed by atoms with Gasteiger partial charge in [0.25, 0.3) is 17.4 Å². The van der Waals surface area contributed by atoms with Gasteiger partial charge in [0.1, 0.15) is 11.2 Å². The fraction of sp³-hybridized carbons (Fsp3) is 0.222. The van der Waals surface area contributed by atoms with E-state index in [1.165, 1.54) is 18.2 Å². The number of carbonyl (C=O) groups excluding carboxylic acids is 2. The van der Waals surface area contributed by atoms with Crippen LogP contribution in [0.2, 0.25) is 5.02 Å². The first kappa shape index (κ1) is 25.4. The van der Waals surface area contributed by atoms with Crippen LogP contribution in [0, 0.1) is 0 Å². The lowest BCUT2D eigenvalue weighted by atomic mass is 10.1. The monoisotopic (exact) mass is 532 g/mol. The zero-order valence-electron chi connectivity index (χ0n) is 20.4. The van der Waals surface area contributed by atoms with Gasteiger partial charge in [-0.2, -0.15) is 4.98 Å². The number of carbonyl (C=O) groups is 2. The van der Waals surface area contributed by atoms with E-state index in [1.54, 1.807) is 12.3 Å². The van der Waals surface area contributed by atoms with Gasteiger partial charge in [-0.25, -0.2) is 4.98 Å². The normalized spacial score (nSPS) is 13.3. The van der Waals surface area contributed by atoms with Crippen LogP contribution in [-0.2, 0) is 11.2 Å². The molecule has 0 bridgehead atoms. The number of anilines is 2. The van der Waals surface area contributed by atoms with E-state index in [2.05, 4.69) is 25.6 Å². The number of nitrogens with zero attached hydrogens (tertiary/aromatic N) is 3. The Morgan fingerprint density at radius 2 is 1.84 bits per heavy atom. The third kappa shape index (κ3) is 5.82. The zero-order chi connectivity index (χ0) is 26.5. The van der Waals surface area contributed by atoms with Gasteiger partial charge >= 0.3 is 0 Å². The summed E-state index contributed by atoms with van der Waals surface area (Å²) in [6.07, 6.45) is 2.25. The number of morpholine rings is 1. The number of pyridine rings is 1. The number of halogens is 1. The Labute approximate surface area is 223 Å². The lowest BCUT2D eigenvalue weighted by Crippen LogP contribution is -2.37. The molecule has 2 aromatic carbocycles. The van der Waals surface area contributed by atoms with Crippen LogP contribution in [0.25, 0.3) is 11.0 Å². The summed E-state index contributed by atoms with van der Waals surface area (Å²) in [4.78, 5) is 51.8. The van der Waals surface area contributed by atoms with Gasteiger partial charge in [0.05, 0.1) is 23.9 Å². The van der Waals surface area contributed by atoms with Crippen LogP contribution in [0.5, 0.6) is 0 Å². The molecular weight excluding hydrogens is 508 g/mol. The number of nitrogens with one attached hydrogen (secondary N) is 3. The largest absolute Gasteiger partial charge is 0.378 e. The summed E-state index contributed by atoms with van der Waals surface area (Å²) < 4.78 is 5.35. The number of aromatic amines is 1. The quantitative estimate of drug-likeness (QED) is 0.333. The maximum Gasteiger partial charge on any atom is 0.262 e. The number of hydrogen-bond donors (Lipinski definition) is 3. The highest BCUT2D eigenvalue weighted by Crippen LogP contribution is 2.24. The number of ether oxygens (including phenoxy) is 1. The fourth-order valence-corrected chi connectivity index (χ4v) is 4.25. The molecule has 3 N–H and O–H groups in total. The number of fused-ring (bicyclic) bond motifs is 1. The highest BCUT2D eigenvalue weighted by Gasteiger charge is 2.18. The molecule has 1 aliphatic rings. The molecule has 1 saturated heterocycles. The van der Waals surface area contributed by atoms with E-state index in [-0.39, 0.29) is 22.2 Å². The molecule has 1 fully saturated rings. The number of amides is 2. The molecular formula is C27H25ClN6O4. The van der Waals surface area contributed by atoms with Crippen LogP contribution in [0.3, 0.4) is 0 Å². The van der Waals surface area contributed by atoms with Gasteiger partial charge in [-0.15, -0.1) is 0 Å². The van der Waals surface area contributed by atoms with E-state index in [4.69, 9.17) is 16.3 Å². The van der Waals surface area contributed by atoms with Crippen molar-refractivity contribution in [2.45, 2.75) is 6.42 Å². The number of benzene rings is 2. The Morgan fingerprint density at radius 3 is 2.63 bits per heavy atom. The number of hydrogen-bond acceptors (Lipinski definition) is 7. The minimum Gasteiger partial charge on any atom is -0.378 e. The van der Waals surface area contributed by atoms with Crippen molar-refractivity contribution in [3.63, 3.8) is 0 Å². The van der Waals surface area contributed by atoms with E-state index in [0.717, 1.165) is 5.56 Å². The van der Waals surface area contributed by atoms with Crippen LogP contribution in [0.1, 0.15) is 26.3 Å². The molecule has 0 unspecified atom stereocenters. The minimum absolute atomic E-state index is 0.131. The van der Waals surface area contributed by atoms with Crippen LogP contribution < -0.4 is 21.1 Å². The standard InChI is InChI=1S/C27H25ClN6O4/c28-21-7-6-18(24(35)29-9-8-17-4-2-1-3-5-17)15-22(21)31-25(36)20-14-19-16-30-27(33-23(19)32-26(20)37)34-10-12-38-13-11-34/h1-7,14-16H,8-13H2,(H,29,35)(H,31,36)(H,30,32,33,37). The predicted octanol–water partition coefficient (Wildman–Crippen LogP) is 3.03. The lowest BCUT2D eigenvalue weighted by molar-refractivity contribution is 0.0952. The first-order valence-corrected chi connectivity index (χ1v) is 12.5. The highest BCUT2D eigenvalue weighted by atomic mass is 35.5. The molecule has 1 aliphatic heterocycles. The van der Waals surface area contributed by atoms with E-state index in [0.29, 0.717) is 61.8 Å². The summed E-state index contributed by atoms with van der Waals surface area (Å²) in [6.45, 7) is 2.92. The number of rotatable bonds is 7. The molecule has 4 aromatic rings. The third-order valence-corrected chi connectivity index (χ3v) is 6.47. The van der Waals surface area contributed by atoms with Crippen molar-refractivity contribution in [3.05, 3.63) is 92.9 Å². The van der Waals surface area contributed by atoms with Gasteiger partial charge < -0.3 is 25.3 Å². The molecule has 2 aromatic heterocycles. The molecule has 0 spiro atoms. The van der Waals surface area contributed by atoms with Crippen molar-refractivity contribution in [1.82, 2.24) is 20.3 Å². The van der Waals surface area contributed by atoms with Gasteiger partial charge in [0, 0.05) is 36.8 Å². The van der Waals surface area contributed by atoms with E-state index in [9.17, 15) is 14.4 Å². The highest BCUT2D eigenvalue weighted by molar-refractivity contribution is 6.34. The molecule has 10 nitrogen and oxygen atoms in total. The second kappa shape index (κ2) is 11.4. The average molecular weight is 533 g/mol. The van der Waals surface area contributed by atoms with Crippen LogP contribution in [-0.4, -0.2) is 59.6 Å². The zero-order valence-corrected chi connectivity index (χ0v) is 21.1. The Morgan fingerprint density at radius 1 is 1.05 bits per heavy atom. The smallest absolute Gasteiger partial charge is 0.262 e. The van der Waals surface area contributed by atoms with Gasteiger partial charge in [0.15, 0.2) is 0 Å². The maximum absolute atomic E-state index is 13.0. The second-order valence-corrected chi connectivity index (χ2v) is 9.13. The summed E-state index contributed by atoms with van der Waals surface area (Å²) in [5.74, 6) is -0.488. The maximum atomic E-state index is 13.0. The summed E-state index contributed by atoms with van der Waals surface area (Å²) >= 11 is 6.28. The first-order chi connectivity index (χ1) is 18.5. The number of aromatic nitrogens is 3. The average Bonchev–Trinajstić information content (AvgIpc) is 2.94. The molecule has 3 heterocycles. The summed E-state index contributed by atoms with van der Waals surface area (Å²) in [5.41, 5.74) is 1.25. The van der Waals surface area contributed by atoms with Gasteiger partial charge in [-0.05, 0) is 36.2 Å². The van der Waals surface area contributed by atoms with Crippen LogP contribution in [0.15, 0.2) is 65.6 Å². The van der Waals surface area contributed by atoms with Crippen LogP contribution >= 0.6 is 11.6 Å². The van der Waals surface area contributed by atoms with E-state index in [1.807, 2.05) is 35.2 Å². The van der Waals surface area contributed by atoms with Crippen molar-refractivity contribution in [1.29, 1.82) is 0 Å². The van der Waals surface area contributed by atoms with Crippen molar-refractivity contribution in [2.24, 2.45) is 0 Å². The van der Waals surface area contributed by atoms with Gasteiger partial charge in [-0.1, -0.05) is 41.9 Å². The SMILES string of the molecule is O=C(NCCc1ccccc1)c1ccc(Cl)c(NC(=O)c2cc3cnc(N4CCOCC4)nc3[nH]c2=O)c1. The first-order valence-electron chi connectivity index (χ1n) is 12.1. The molecule has 0 saturated carbocycles. The Kier molecular flexibility index (Phi) is 7.62. The molecule has 0 radical (unpaired) electrons. The Hall–Kier alpha value is -4.28. The molecule has 11 heteroatoms. The topological polar surface area (TPSA) is 129 Å². The molecule has 2 amide bonds. The van der Waals surface area contributed by atoms with E-state index < -0.39 is 11.5 Å². The fourth-order valence-electron chi connectivity index (χ4n) is 4.09. The summed E-state index contributed by atoms with van der Waals surface area (Å²) in [6, 6.07) is 15.8. The Bertz CT molecular complexity index is 1540. The molecule has 0 aliphatic carbocycles. The number of H-pyrrole nitrogens is 1. The predicted molar refractivity (Wildman–Crippen MR) is 145 cm³/mol. The second-order valence-electron chi connectivity index (χ2n) is 8.73. The summed E-state index contributed by atoms with van der Waals surface area (Å²) in [7, 11) is 0. The van der Waals surface area contributed by atoms with Crippen molar-refractivity contribution in [3.8, 4) is 0 Å². The van der Waals surface area contributed by atoms with Crippen molar-refractivity contribution in [2.75, 3.05) is 43.1 Å². The molecule has 38 heavy (non-hydrogen) atoms. The Balaban J connectivity index is 1.29. The van der Waals surface area contributed by atoms with Gasteiger partial charge in [-0.3, -0.25) is 14.4 Å². The third-order valence-electron chi connectivity index (χ3n) is 6.14. The molecule has 5 rings (SSSR count). The van der Waals surface area contributed by atoms with Crippen LogP contribution in [0.4, 0.5) is 11.6 Å². The lowest BCUT2D eigenvalue weighted by Gasteiger charge is -2.26. The molecule has 0 atom stereocenters. The van der Waals surface area contributed by atoms with E-state index >= 15 is 0 Å².